The van der Waals surface area contributed by atoms with E-state index in [0.717, 1.165) is 6.08 Å². The largest absolute Gasteiger partial charge is 0.463 e. The molecule has 0 unspecified atom stereocenters. The van der Waals surface area contributed by atoms with E-state index in [9.17, 15) is 9.59 Å². The number of nitrogens with two attached hydrogens (primary N) is 1. The molecule has 0 fully saturated rings. The number of nitrogen functional groups attached to an aromatic ring is 1. The Bertz CT molecular complexity index is 407. The summed E-state index contributed by atoms with van der Waals surface area (Å²) in [4.78, 5) is 22.5. The lowest BCUT2D eigenvalue weighted by molar-refractivity contribution is -0.137. The Labute approximate surface area is 93.7 Å². The molecule has 0 saturated heterocycles. The van der Waals surface area contributed by atoms with Gasteiger partial charge in [0.1, 0.15) is 0 Å². The van der Waals surface area contributed by atoms with Crippen LogP contribution in [-0.2, 0) is 9.53 Å². The molecule has 0 spiro atoms. The number of esters is 1. The fourth-order valence-corrected chi connectivity index (χ4v) is 1.08. The molecular weight excluding hydrogens is 206 g/mol. The van der Waals surface area contributed by atoms with Crippen molar-refractivity contribution in [2.24, 2.45) is 0 Å². The number of ether oxygens (including phenoxy) is 1. The molecule has 1 aromatic carbocycles. The molecule has 4 heteroatoms. The average Bonchev–Trinajstić information content (AvgIpc) is 2.27. The summed E-state index contributed by atoms with van der Waals surface area (Å²) in [7, 11) is 0. The number of hydrogen-bond donors (Lipinski definition) is 1. The smallest absolute Gasteiger partial charge is 0.330 e. The number of ketones is 1. The normalized spacial score (nSPS) is 10.3. The third-order valence-corrected chi connectivity index (χ3v) is 1.85. The van der Waals surface area contributed by atoms with Gasteiger partial charge >= 0.3 is 5.97 Å². The van der Waals surface area contributed by atoms with Crippen LogP contribution in [0.25, 0.3) is 0 Å². The van der Waals surface area contributed by atoms with Crippen molar-refractivity contribution in [1.82, 2.24) is 0 Å². The lowest BCUT2D eigenvalue weighted by Crippen LogP contribution is -2.01. The van der Waals surface area contributed by atoms with Crippen LogP contribution in [0.5, 0.6) is 0 Å². The number of benzene rings is 1. The van der Waals surface area contributed by atoms with E-state index in [1.165, 1.54) is 6.08 Å². The molecular formula is C12H13NO3. The molecule has 0 aliphatic carbocycles. The van der Waals surface area contributed by atoms with Gasteiger partial charge in [0.15, 0.2) is 5.78 Å². The van der Waals surface area contributed by atoms with Crippen LogP contribution in [0.3, 0.4) is 0 Å². The van der Waals surface area contributed by atoms with E-state index in [-0.39, 0.29) is 5.78 Å². The van der Waals surface area contributed by atoms with E-state index < -0.39 is 5.97 Å². The zero-order valence-corrected chi connectivity index (χ0v) is 8.97. The first-order valence-electron chi connectivity index (χ1n) is 4.88. The number of hydrogen-bond acceptors (Lipinski definition) is 4. The van der Waals surface area contributed by atoms with Crippen LogP contribution in [0.15, 0.2) is 36.4 Å². The lowest BCUT2D eigenvalue weighted by atomic mass is 10.1. The highest BCUT2D eigenvalue weighted by molar-refractivity contribution is 6.07. The highest BCUT2D eigenvalue weighted by Gasteiger charge is 2.02. The van der Waals surface area contributed by atoms with Crippen molar-refractivity contribution in [3.8, 4) is 0 Å². The molecule has 2 N–H and O–H groups in total. The Morgan fingerprint density at radius 1 is 1.25 bits per heavy atom. The van der Waals surface area contributed by atoms with Crippen molar-refractivity contribution in [1.29, 1.82) is 0 Å². The van der Waals surface area contributed by atoms with Gasteiger partial charge in [0.05, 0.1) is 6.61 Å². The Morgan fingerprint density at radius 2 is 1.88 bits per heavy atom. The third kappa shape index (κ3) is 3.57. The highest BCUT2D eigenvalue weighted by atomic mass is 16.5. The Balaban J connectivity index is 2.65. The van der Waals surface area contributed by atoms with Crippen LogP contribution in [-0.4, -0.2) is 18.4 Å². The van der Waals surface area contributed by atoms with Gasteiger partial charge in [-0.3, -0.25) is 4.79 Å². The fourth-order valence-electron chi connectivity index (χ4n) is 1.08. The molecule has 0 aromatic heterocycles. The molecule has 16 heavy (non-hydrogen) atoms. The minimum Gasteiger partial charge on any atom is -0.463 e. The molecule has 4 nitrogen and oxygen atoms in total. The highest BCUT2D eigenvalue weighted by Crippen LogP contribution is 2.06. The molecule has 1 aromatic rings. The summed E-state index contributed by atoms with van der Waals surface area (Å²) < 4.78 is 4.65. The lowest BCUT2D eigenvalue weighted by Gasteiger charge is -1.97. The van der Waals surface area contributed by atoms with Crippen LogP contribution in [0.1, 0.15) is 17.3 Å². The van der Waals surface area contributed by atoms with Gasteiger partial charge in [-0.2, -0.15) is 0 Å². The standard InChI is InChI=1S/C12H13NO3/c1-2-16-12(15)8-7-11(14)9-3-5-10(13)6-4-9/h3-8H,2,13H2,1H3. The summed E-state index contributed by atoms with van der Waals surface area (Å²) in [5.41, 5.74) is 6.56. The monoisotopic (exact) mass is 219 g/mol. The van der Waals surface area contributed by atoms with E-state index in [2.05, 4.69) is 4.74 Å². The summed E-state index contributed by atoms with van der Waals surface area (Å²) in [5, 5.41) is 0. The average molecular weight is 219 g/mol. The molecule has 1 rings (SSSR count). The maximum absolute atomic E-state index is 11.5. The van der Waals surface area contributed by atoms with Gasteiger partial charge in [-0.25, -0.2) is 4.79 Å². The first-order valence-corrected chi connectivity index (χ1v) is 4.88. The van der Waals surface area contributed by atoms with Crippen LogP contribution >= 0.6 is 0 Å². The zero-order valence-electron chi connectivity index (χ0n) is 8.97. The second kappa shape index (κ2) is 5.70. The number of rotatable bonds is 4. The molecule has 0 heterocycles. The van der Waals surface area contributed by atoms with Crippen LogP contribution < -0.4 is 5.73 Å². The predicted octanol–water partition coefficient (Wildman–Crippen LogP) is 1.57. The van der Waals surface area contributed by atoms with E-state index in [0.29, 0.717) is 17.9 Å². The van der Waals surface area contributed by atoms with Crippen molar-refractivity contribution in [2.75, 3.05) is 12.3 Å². The Hall–Kier alpha value is -2.10. The van der Waals surface area contributed by atoms with Crippen LogP contribution in [0, 0.1) is 0 Å². The molecule has 0 radical (unpaired) electrons. The third-order valence-electron chi connectivity index (χ3n) is 1.85. The van der Waals surface area contributed by atoms with E-state index in [1.807, 2.05) is 0 Å². The molecule has 84 valence electrons. The first-order chi connectivity index (χ1) is 7.63. The van der Waals surface area contributed by atoms with Crippen molar-refractivity contribution in [3.63, 3.8) is 0 Å². The molecule has 0 aliphatic rings. The first kappa shape index (κ1) is 12.0. The molecule has 0 bridgehead atoms. The zero-order chi connectivity index (χ0) is 12.0. The summed E-state index contributed by atoms with van der Waals surface area (Å²) in [6.07, 6.45) is 2.30. The van der Waals surface area contributed by atoms with Crippen LogP contribution in [0.4, 0.5) is 5.69 Å². The minimum absolute atomic E-state index is 0.256. The molecule has 0 saturated carbocycles. The van der Waals surface area contributed by atoms with E-state index in [4.69, 9.17) is 5.73 Å². The van der Waals surface area contributed by atoms with Crippen molar-refractivity contribution in [3.05, 3.63) is 42.0 Å². The Kier molecular flexibility index (Phi) is 4.27. The number of carbonyl (C=O) groups is 2. The van der Waals surface area contributed by atoms with Gasteiger partial charge < -0.3 is 10.5 Å². The van der Waals surface area contributed by atoms with E-state index in [1.54, 1.807) is 31.2 Å². The molecule has 0 aliphatic heterocycles. The summed E-state index contributed by atoms with van der Waals surface area (Å²) in [5.74, 6) is -0.778. The van der Waals surface area contributed by atoms with Gasteiger partial charge in [-0.15, -0.1) is 0 Å². The van der Waals surface area contributed by atoms with Gasteiger partial charge in [-0.1, -0.05) is 0 Å². The van der Waals surface area contributed by atoms with Gasteiger partial charge in [0, 0.05) is 17.3 Å². The maximum atomic E-state index is 11.5. The van der Waals surface area contributed by atoms with Crippen LogP contribution in [0.2, 0.25) is 0 Å². The second-order valence-corrected chi connectivity index (χ2v) is 3.07. The maximum Gasteiger partial charge on any atom is 0.330 e. The van der Waals surface area contributed by atoms with E-state index >= 15 is 0 Å². The summed E-state index contributed by atoms with van der Waals surface area (Å²) >= 11 is 0. The minimum atomic E-state index is -0.522. The summed E-state index contributed by atoms with van der Waals surface area (Å²) in [6, 6.07) is 6.47. The van der Waals surface area contributed by atoms with Crippen molar-refractivity contribution in [2.45, 2.75) is 6.92 Å². The predicted molar refractivity (Wildman–Crippen MR) is 61.0 cm³/mol. The fraction of sp³-hybridized carbons (Fsp3) is 0.167. The summed E-state index contributed by atoms with van der Waals surface area (Å²) in [6.45, 7) is 1.99. The second-order valence-electron chi connectivity index (χ2n) is 3.07. The quantitative estimate of drug-likeness (QED) is 0.361. The number of carbonyl (C=O) groups excluding carboxylic acids is 2. The van der Waals surface area contributed by atoms with Gasteiger partial charge in [0.2, 0.25) is 0 Å². The molecule has 0 atom stereocenters. The number of allylic oxidation sites excluding steroid dienone is 1. The van der Waals surface area contributed by atoms with Crippen molar-refractivity contribution >= 4 is 17.4 Å². The Morgan fingerprint density at radius 3 is 2.44 bits per heavy atom. The van der Waals surface area contributed by atoms with Gasteiger partial charge in [-0.05, 0) is 37.3 Å². The SMILES string of the molecule is CCOC(=O)C=CC(=O)c1ccc(N)cc1. The molecule has 0 amide bonds. The van der Waals surface area contributed by atoms with Gasteiger partial charge in [0.25, 0.3) is 0 Å². The topological polar surface area (TPSA) is 69.4 Å². The number of anilines is 1. The van der Waals surface area contributed by atoms with Crippen molar-refractivity contribution < 1.29 is 14.3 Å².